The zero-order valence-electron chi connectivity index (χ0n) is 18.8. The number of nitrogens with zero attached hydrogens (tertiary/aromatic N) is 3. The topological polar surface area (TPSA) is 68.5 Å². The van der Waals surface area contributed by atoms with Crippen LogP contribution in [0.1, 0.15) is 58.5 Å². The zero-order chi connectivity index (χ0) is 24.3. The quantitative estimate of drug-likeness (QED) is 0.297. The van der Waals surface area contributed by atoms with Crippen molar-refractivity contribution in [2.45, 2.75) is 38.1 Å². The molecule has 1 amide bonds. The standard InChI is InChI=1S/C26H21Cl3N4O2/c1-13-22(17-10-15(27)11-19(28)23(17)29)25-30-12-18(24(14-6-7-14)33(25)32-13)26(34)31-20-8-9-35-21-5-3-2-4-16(20)21/h2-5,10-12,14,20H,6-9H2,1H3,(H,31,34)/t20-/m0/s1. The van der Waals surface area contributed by atoms with Crippen molar-refractivity contribution in [1.82, 2.24) is 19.9 Å². The highest BCUT2D eigenvalue weighted by atomic mass is 35.5. The largest absolute Gasteiger partial charge is 0.493 e. The molecule has 1 N–H and O–H groups in total. The summed E-state index contributed by atoms with van der Waals surface area (Å²) in [6.45, 7) is 2.45. The molecule has 2 aromatic carbocycles. The number of carbonyl (C=O) groups is 1. The van der Waals surface area contributed by atoms with E-state index in [0.29, 0.717) is 44.9 Å². The predicted octanol–water partition coefficient (Wildman–Crippen LogP) is 6.80. The van der Waals surface area contributed by atoms with Crippen molar-refractivity contribution >= 4 is 46.4 Å². The lowest BCUT2D eigenvalue weighted by Gasteiger charge is -2.27. The van der Waals surface area contributed by atoms with E-state index >= 15 is 0 Å². The molecular formula is C26H21Cl3N4O2. The van der Waals surface area contributed by atoms with Crippen molar-refractivity contribution in [3.63, 3.8) is 0 Å². The molecule has 6 nitrogen and oxygen atoms in total. The van der Waals surface area contributed by atoms with Gasteiger partial charge in [0, 0.05) is 34.7 Å². The number of amides is 1. The normalized spacial score (nSPS) is 17.2. The summed E-state index contributed by atoms with van der Waals surface area (Å²) in [6, 6.07) is 11.1. The maximum Gasteiger partial charge on any atom is 0.255 e. The Morgan fingerprint density at radius 2 is 1.94 bits per heavy atom. The summed E-state index contributed by atoms with van der Waals surface area (Å²) < 4.78 is 7.54. The van der Waals surface area contributed by atoms with Gasteiger partial charge in [0.1, 0.15) is 5.75 Å². The molecule has 1 fully saturated rings. The highest BCUT2D eigenvalue weighted by Gasteiger charge is 2.34. The van der Waals surface area contributed by atoms with E-state index in [0.717, 1.165) is 41.1 Å². The number of aromatic nitrogens is 3. The third-order valence-corrected chi connectivity index (χ3v) is 7.61. The minimum Gasteiger partial charge on any atom is -0.493 e. The molecule has 1 aliphatic heterocycles. The Balaban J connectivity index is 1.44. The molecule has 0 spiro atoms. The third kappa shape index (κ3) is 3.94. The summed E-state index contributed by atoms with van der Waals surface area (Å²) in [5.41, 5.74) is 5.17. The molecule has 1 saturated carbocycles. The van der Waals surface area contributed by atoms with E-state index in [-0.39, 0.29) is 17.9 Å². The van der Waals surface area contributed by atoms with Crippen LogP contribution in [0.4, 0.5) is 0 Å². The SMILES string of the molecule is Cc1nn2c(C3CC3)c(C(=O)N[C@H]3CCOc4ccccc43)cnc2c1-c1cc(Cl)cc(Cl)c1Cl. The molecule has 1 atom stereocenters. The molecule has 2 aliphatic rings. The number of nitrogens with one attached hydrogen (secondary N) is 1. The van der Waals surface area contributed by atoms with Crippen molar-refractivity contribution in [2.24, 2.45) is 0 Å². The smallest absolute Gasteiger partial charge is 0.255 e. The van der Waals surface area contributed by atoms with Gasteiger partial charge >= 0.3 is 0 Å². The van der Waals surface area contributed by atoms with E-state index in [9.17, 15) is 4.79 Å². The van der Waals surface area contributed by atoms with Gasteiger partial charge < -0.3 is 10.1 Å². The molecule has 1 aliphatic carbocycles. The summed E-state index contributed by atoms with van der Waals surface area (Å²) in [6.07, 6.45) is 4.35. The van der Waals surface area contributed by atoms with E-state index in [4.69, 9.17) is 44.6 Å². The lowest BCUT2D eigenvalue weighted by atomic mass is 10.00. The fourth-order valence-corrected chi connectivity index (χ4v) is 5.51. The van der Waals surface area contributed by atoms with Crippen molar-refractivity contribution in [3.05, 3.63) is 80.2 Å². The zero-order valence-corrected chi connectivity index (χ0v) is 21.1. The van der Waals surface area contributed by atoms with E-state index < -0.39 is 0 Å². The monoisotopic (exact) mass is 526 g/mol. The number of fused-ring (bicyclic) bond motifs is 2. The van der Waals surface area contributed by atoms with E-state index in [1.54, 1.807) is 22.8 Å². The fourth-order valence-electron chi connectivity index (χ4n) is 4.81. The second-order valence-electron chi connectivity index (χ2n) is 8.98. The van der Waals surface area contributed by atoms with Crippen LogP contribution in [0.15, 0.2) is 42.6 Å². The summed E-state index contributed by atoms with van der Waals surface area (Å²) in [5, 5.41) is 9.22. The van der Waals surface area contributed by atoms with Gasteiger partial charge in [-0.3, -0.25) is 4.79 Å². The molecule has 178 valence electrons. The van der Waals surface area contributed by atoms with Crippen LogP contribution in [0, 0.1) is 6.92 Å². The Morgan fingerprint density at radius 3 is 2.74 bits per heavy atom. The fraction of sp³-hybridized carbons (Fsp3) is 0.269. The first-order chi connectivity index (χ1) is 16.9. The Hall–Kier alpha value is -2.80. The molecule has 2 aromatic heterocycles. The number of benzene rings is 2. The molecule has 3 heterocycles. The molecule has 0 saturated heterocycles. The molecule has 35 heavy (non-hydrogen) atoms. The second-order valence-corrected chi connectivity index (χ2v) is 10.2. The van der Waals surface area contributed by atoms with Crippen LogP contribution in [0.2, 0.25) is 15.1 Å². The Kier molecular flexibility index (Phi) is 5.63. The summed E-state index contributed by atoms with van der Waals surface area (Å²) in [7, 11) is 0. The van der Waals surface area contributed by atoms with Gasteiger partial charge in [0.05, 0.1) is 45.2 Å². The van der Waals surface area contributed by atoms with Gasteiger partial charge in [0.25, 0.3) is 5.91 Å². The number of rotatable bonds is 4. The van der Waals surface area contributed by atoms with Crippen molar-refractivity contribution in [3.8, 4) is 16.9 Å². The molecule has 0 radical (unpaired) electrons. The summed E-state index contributed by atoms with van der Waals surface area (Å²) >= 11 is 19.1. The number of hydrogen-bond acceptors (Lipinski definition) is 4. The molecule has 4 aromatic rings. The van der Waals surface area contributed by atoms with E-state index in [1.807, 2.05) is 31.2 Å². The number of hydrogen-bond donors (Lipinski definition) is 1. The van der Waals surface area contributed by atoms with Gasteiger partial charge in [0.2, 0.25) is 0 Å². The van der Waals surface area contributed by atoms with Crippen LogP contribution in [-0.4, -0.2) is 27.1 Å². The maximum absolute atomic E-state index is 13.5. The maximum atomic E-state index is 13.5. The first-order valence-electron chi connectivity index (χ1n) is 11.5. The van der Waals surface area contributed by atoms with Crippen LogP contribution in [0.25, 0.3) is 16.8 Å². The second kappa shape index (κ2) is 8.70. The van der Waals surface area contributed by atoms with E-state index in [2.05, 4.69) is 10.3 Å². The van der Waals surface area contributed by atoms with Gasteiger partial charge in [0.15, 0.2) is 5.65 Å². The number of ether oxygens (including phenoxy) is 1. The van der Waals surface area contributed by atoms with E-state index in [1.165, 1.54) is 0 Å². The third-order valence-electron chi connectivity index (χ3n) is 6.59. The molecule has 9 heteroatoms. The van der Waals surface area contributed by atoms with Crippen molar-refractivity contribution < 1.29 is 9.53 Å². The lowest BCUT2D eigenvalue weighted by Crippen LogP contribution is -2.33. The van der Waals surface area contributed by atoms with Crippen LogP contribution in [0.3, 0.4) is 0 Å². The average Bonchev–Trinajstić information content (AvgIpc) is 3.62. The van der Waals surface area contributed by atoms with Gasteiger partial charge in [-0.25, -0.2) is 9.50 Å². The molecule has 0 bridgehead atoms. The van der Waals surface area contributed by atoms with Crippen LogP contribution >= 0.6 is 34.8 Å². The number of carbonyl (C=O) groups excluding carboxylic acids is 1. The Labute approximate surface area is 217 Å². The highest BCUT2D eigenvalue weighted by molar-refractivity contribution is 6.45. The molecule has 0 unspecified atom stereocenters. The Bertz CT molecular complexity index is 1500. The van der Waals surface area contributed by atoms with Gasteiger partial charge in [-0.1, -0.05) is 53.0 Å². The highest BCUT2D eigenvalue weighted by Crippen LogP contribution is 2.44. The Morgan fingerprint density at radius 1 is 1.14 bits per heavy atom. The number of halogens is 3. The van der Waals surface area contributed by atoms with Gasteiger partial charge in [-0.2, -0.15) is 5.10 Å². The minimum atomic E-state index is -0.165. The minimum absolute atomic E-state index is 0.127. The van der Waals surface area contributed by atoms with Crippen LogP contribution in [-0.2, 0) is 0 Å². The van der Waals surface area contributed by atoms with Gasteiger partial charge in [-0.05, 0) is 38.0 Å². The summed E-state index contributed by atoms with van der Waals surface area (Å²) in [5.74, 6) is 0.889. The number of aryl methyl sites for hydroxylation is 1. The molecule has 6 rings (SSSR count). The lowest BCUT2D eigenvalue weighted by molar-refractivity contribution is 0.0922. The van der Waals surface area contributed by atoms with Crippen LogP contribution < -0.4 is 10.1 Å². The number of para-hydroxylation sites is 1. The average molecular weight is 528 g/mol. The first-order valence-corrected chi connectivity index (χ1v) is 12.6. The predicted molar refractivity (Wildman–Crippen MR) is 137 cm³/mol. The summed E-state index contributed by atoms with van der Waals surface area (Å²) in [4.78, 5) is 18.2. The first kappa shape index (κ1) is 22.7. The van der Waals surface area contributed by atoms with Crippen molar-refractivity contribution in [2.75, 3.05) is 6.61 Å². The van der Waals surface area contributed by atoms with Gasteiger partial charge in [-0.15, -0.1) is 0 Å². The molecular weight excluding hydrogens is 507 g/mol. The van der Waals surface area contributed by atoms with Crippen molar-refractivity contribution in [1.29, 1.82) is 0 Å². The van der Waals surface area contributed by atoms with Crippen LogP contribution in [0.5, 0.6) is 5.75 Å².